The predicted octanol–water partition coefficient (Wildman–Crippen LogP) is 0.659. The number of benzene rings is 1. The molecule has 2 rings (SSSR count). The number of guanidine groups is 1. The topological polar surface area (TPSA) is 87.8 Å². The van der Waals surface area contributed by atoms with Gasteiger partial charge in [-0.25, -0.2) is 0 Å². The number of anilines is 1. The highest BCUT2D eigenvalue weighted by molar-refractivity contribution is 6.21. The molecular weight excluding hydrogens is 232 g/mol. The van der Waals surface area contributed by atoms with Crippen molar-refractivity contribution in [3.8, 4) is 0 Å². The normalized spacial score (nSPS) is 15.0. The molecule has 1 aliphatic rings. The Morgan fingerprint density at radius 1 is 1.33 bits per heavy atom. The fourth-order valence-corrected chi connectivity index (χ4v) is 1.80. The van der Waals surface area contributed by atoms with E-state index in [2.05, 4.69) is 10.3 Å². The van der Waals surface area contributed by atoms with Gasteiger partial charge in [0.25, 0.3) is 11.8 Å². The van der Waals surface area contributed by atoms with Crippen molar-refractivity contribution < 1.29 is 9.59 Å². The molecular formula is C12H14N4O2. The van der Waals surface area contributed by atoms with Crippen LogP contribution in [0.1, 0.15) is 27.6 Å². The lowest BCUT2D eigenvalue weighted by atomic mass is 10.1. The van der Waals surface area contributed by atoms with E-state index in [1.54, 1.807) is 18.2 Å². The van der Waals surface area contributed by atoms with Crippen LogP contribution < -0.4 is 11.1 Å². The first-order valence-corrected chi connectivity index (χ1v) is 5.58. The van der Waals surface area contributed by atoms with Crippen LogP contribution in [0.25, 0.3) is 0 Å². The largest absolute Gasteiger partial charge is 0.370 e. The fourth-order valence-electron chi connectivity index (χ4n) is 1.80. The van der Waals surface area contributed by atoms with Crippen LogP contribution >= 0.6 is 0 Å². The van der Waals surface area contributed by atoms with Gasteiger partial charge in [0, 0.05) is 19.3 Å². The molecule has 1 aromatic carbocycles. The minimum atomic E-state index is -0.301. The summed E-state index contributed by atoms with van der Waals surface area (Å²) in [5, 5.41) is 2.87. The smallest absolute Gasteiger partial charge is 0.261 e. The van der Waals surface area contributed by atoms with Crippen LogP contribution in [0.4, 0.5) is 5.69 Å². The van der Waals surface area contributed by atoms with Gasteiger partial charge in [0.1, 0.15) is 0 Å². The zero-order valence-electron chi connectivity index (χ0n) is 10.2. The Bertz CT molecular complexity index is 551. The van der Waals surface area contributed by atoms with Crippen LogP contribution in [0, 0.1) is 0 Å². The first-order valence-electron chi connectivity index (χ1n) is 5.58. The molecule has 0 unspecified atom stereocenters. The molecule has 6 nitrogen and oxygen atoms in total. The van der Waals surface area contributed by atoms with Gasteiger partial charge in [-0.2, -0.15) is 0 Å². The van der Waals surface area contributed by atoms with Gasteiger partial charge >= 0.3 is 0 Å². The number of nitrogens with two attached hydrogens (primary N) is 1. The minimum Gasteiger partial charge on any atom is -0.370 e. The molecule has 3 N–H and O–H groups in total. The molecule has 1 heterocycles. The second-order valence-electron chi connectivity index (χ2n) is 3.91. The maximum atomic E-state index is 11.8. The summed E-state index contributed by atoms with van der Waals surface area (Å²) >= 11 is 0. The quantitative estimate of drug-likeness (QED) is 0.456. The van der Waals surface area contributed by atoms with E-state index in [1.165, 1.54) is 7.05 Å². The molecule has 0 aromatic heterocycles. The van der Waals surface area contributed by atoms with Gasteiger partial charge in [-0.3, -0.25) is 19.5 Å². The van der Waals surface area contributed by atoms with Crippen molar-refractivity contribution in [3.63, 3.8) is 0 Å². The average molecular weight is 246 g/mol. The number of carbonyl (C=O) groups excluding carboxylic acids is 2. The van der Waals surface area contributed by atoms with Crippen LogP contribution in [0.3, 0.4) is 0 Å². The molecule has 0 radical (unpaired) electrons. The van der Waals surface area contributed by atoms with E-state index in [1.807, 2.05) is 6.92 Å². The molecule has 1 aliphatic heterocycles. The lowest BCUT2D eigenvalue weighted by Gasteiger charge is -2.06. The van der Waals surface area contributed by atoms with E-state index >= 15 is 0 Å². The van der Waals surface area contributed by atoms with Crippen molar-refractivity contribution in [1.29, 1.82) is 0 Å². The van der Waals surface area contributed by atoms with E-state index in [-0.39, 0.29) is 17.8 Å². The molecule has 0 saturated heterocycles. The van der Waals surface area contributed by atoms with Crippen LogP contribution in [0.15, 0.2) is 23.2 Å². The molecule has 0 atom stereocenters. The van der Waals surface area contributed by atoms with Crippen molar-refractivity contribution in [2.75, 3.05) is 18.9 Å². The molecule has 2 amide bonds. The Morgan fingerprint density at radius 3 is 2.67 bits per heavy atom. The lowest BCUT2D eigenvalue weighted by molar-refractivity contribution is 0.0693. The first-order chi connectivity index (χ1) is 8.54. The SMILES string of the molecule is CCN=C(N)Nc1ccc2c(c1)C(=O)N(C)C2=O. The third-order valence-corrected chi connectivity index (χ3v) is 2.69. The van der Waals surface area contributed by atoms with Gasteiger partial charge in [-0.1, -0.05) is 0 Å². The van der Waals surface area contributed by atoms with Gasteiger partial charge < -0.3 is 11.1 Å². The summed E-state index contributed by atoms with van der Waals surface area (Å²) in [5.41, 5.74) is 7.07. The molecule has 6 heteroatoms. The van der Waals surface area contributed by atoms with E-state index in [0.717, 1.165) is 4.90 Å². The van der Waals surface area contributed by atoms with Crippen molar-refractivity contribution in [3.05, 3.63) is 29.3 Å². The van der Waals surface area contributed by atoms with Gasteiger partial charge in [0.05, 0.1) is 11.1 Å². The molecule has 0 bridgehead atoms. The van der Waals surface area contributed by atoms with Crippen LogP contribution in [-0.2, 0) is 0 Å². The summed E-state index contributed by atoms with van der Waals surface area (Å²) < 4.78 is 0. The summed E-state index contributed by atoms with van der Waals surface area (Å²) in [7, 11) is 1.46. The Labute approximate surface area is 104 Å². The summed E-state index contributed by atoms with van der Waals surface area (Å²) in [5.74, 6) is -0.302. The monoisotopic (exact) mass is 246 g/mol. The number of rotatable bonds is 2. The number of amides is 2. The van der Waals surface area contributed by atoms with Crippen LogP contribution in [0.2, 0.25) is 0 Å². The average Bonchev–Trinajstić information content (AvgIpc) is 2.55. The van der Waals surface area contributed by atoms with Gasteiger partial charge in [0.15, 0.2) is 5.96 Å². The Hall–Kier alpha value is -2.37. The molecule has 0 saturated carbocycles. The highest BCUT2D eigenvalue weighted by atomic mass is 16.2. The minimum absolute atomic E-state index is 0.280. The highest BCUT2D eigenvalue weighted by Crippen LogP contribution is 2.24. The van der Waals surface area contributed by atoms with Gasteiger partial charge in [0.2, 0.25) is 0 Å². The van der Waals surface area contributed by atoms with Crippen LogP contribution in [-0.4, -0.2) is 36.3 Å². The van der Waals surface area contributed by atoms with E-state index in [4.69, 9.17) is 5.73 Å². The molecule has 1 aromatic rings. The first kappa shape index (κ1) is 12.1. The second kappa shape index (κ2) is 4.48. The zero-order chi connectivity index (χ0) is 13.3. The Kier molecular flexibility index (Phi) is 3.01. The number of fused-ring (bicyclic) bond motifs is 1. The van der Waals surface area contributed by atoms with E-state index in [0.29, 0.717) is 23.4 Å². The lowest BCUT2D eigenvalue weighted by Crippen LogP contribution is -2.24. The number of aliphatic imine (C=N–C) groups is 1. The molecule has 18 heavy (non-hydrogen) atoms. The zero-order valence-corrected chi connectivity index (χ0v) is 10.2. The van der Waals surface area contributed by atoms with Crippen LogP contribution in [0.5, 0.6) is 0 Å². The molecule has 0 spiro atoms. The summed E-state index contributed by atoms with van der Waals surface area (Å²) in [4.78, 5) is 28.5. The third kappa shape index (κ3) is 1.92. The maximum Gasteiger partial charge on any atom is 0.261 e. The van der Waals surface area contributed by atoms with Crippen molar-refractivity contribution in [2.45, 2.75) is 6.92 Å². The van der Waals surface area contributed by atoms with Gasteiger partial charge in [-0.05, 0) is 25.1 Å². The maximum absolute atomic E-state index is 11.8. The predicted molar refractivity (Wildman–Crippen MR) is 68.7 cm³/mol. The Morgan fingerprint density at radius 2 is 2.00 bits per heavy atom. The standard InChI is InChI=1S/C12H14N4O2/c1-3-14-12(13)15-7-4-5-8-9(6-7)11(18)16(2)10(8)17/h4-6H,3H2,1-2H3,(H3,13,14,15). The highest BCUT2D eigenvalue weighted by Gasteiger charge is 2.32. The molecule has 94 valence electrons. The van der Waals surface area contributed by atoms with Crippen molar-refractivity contribution in [2.24, 2.45) is 10.7 Å². The number of carbonyl (C=O) groups is 2. The van der Waals surface area contributed by atoms with E-state index in [9.17, 15) is 9.59 Å². The summed E-state index contributed by atoms with van der Waals surface area (Å²) in [6.07, 6.45) is 0. The van der Waals surface area contributed by atoms with Gasteiger partial charge in [-0.15, -0.1) is 0 Å². The van der Waals surface area contributed by atoms with E-state index < -0.39 is 0 Å². The fraction of sp³-hybridized carbons (Fsp3) is 0.250. The number of nitrogens with one attached hydrogen (secondary N) is 1. The summed E-state index contributed by atoms with van der Waals surface area (Å²) in [6.45, 7) is 2.44. The molecule has 0 aliphatic carbocycles. The number of imide groups is 1. The second-order valence-corrected chi connectivity index (χ2v) is 3.91. The number of hydrogen-bond donors (Lipinski definition) is 2. The number of nitrogens with zero attached hydrogens (tertiary/aromatic N) is 2. The van der Waals surface area contributed by atoms with Crippen molar-refractivity contribution in [1.82, 2.24) is 4.90 Å². The molecule has 0 fully saturated rings. The number of hydrogen-bond acceptors (Lipinski definition) is 3. The van der Waals surface area contributed by atoms with Crippen molar-refractivity contribution >= 4 is 23.5 Å². The Balaban J connectivity index is 2.32. The summed E-state index contributed by atoms with van der Waals surface area (Å²) in [6, 6.07) is 4.92. The third-order valence-electron chi connectivity index (χ3n) is 2.69.